The number of hydrogen-bond acceptors (Lipinski definition) is 2. The lowest BCUT2D eigenvalue weighted by Gasteiger charge is -2.06. The summed E-state index contributed by atoms with van der Waals surface area (Å²) in [6, 6.07) is 10.3. The number of rotatable bonds is 3. The smallest absolute Gasteiger partial charge is 0.253 e. The minimum atomic E-state index is -0.173. The van der Waals surface area contributed by atoms with E-state index >= 15 is 0 Å². The van der Waals surface area contributed by atoms with Crippen molar-refractivity contribution in [3.63, 3.8) is 0 Å². The number of hydrogen-bond donors (Lipinski definition) is 0. The summed E-state index contributed by atoms with van der Waals surface area (Å²) in [6.45, 7) is 1.73. The molecule has 3 nitrogen and oxygen atoms in total. The summed E-state index contributed by atoms with van der Waals surface area (Å²) in [5.74, 6) is -0.173. The number of halogens is 1. The topological polar surface area (TPSA) is 39.1 Å². The van der Waals surface area contributed by atoms with Crippen molar-refractivity contribution in [3.05, 3.63) is 69.1 Å². The van der Waals surface area contributed by atoms with Gasteiger partial charge in [0.2, 0.25) is 0 Å². The van der Waals surface area contributed by atoms with Crippen LogP contribution in [0.15, 0.2) is 47.4 Å². The minimum absolute atomic E-state index is 0.00421. The molecule has 1 aromatic carbocycles. The highest BCUT2D eigenvalue weighted by molar-refractivity contribution is 6.33. The molecule has 0 aliphatic carbocycles. The molecule has 0 fully saturated rings. The molecule has 2 rings (SSSR count). The monoisotopic (exact) mass is 261 g/mol. The normalized spacial score (nSPS) is 10.3. The lowest BCUT2D eigenvalue weighted by Crippen LogP contribution is -2.25. The average molecular weight is 262 g/mol. The van der Waals surface area contributed by atoms with Crippen LogP contribution in [0.1, 0.15) is 15.9 Å². The van der Waals surface area contributed by atoms with E-state index < -0.39 is 0 Å². The second-order valence-electron chi connectivity index (χ2n) is 4.03. The highest BCUT2D eigenvalue weighted by atomic mass is 35.5. The summed E-state index contributed by atoms with van der Waals surface area (Å²) in [6.07, 6.45) is 1.60. The van der Waals surface area contributed by atoms with E-state index in [4.69, 9.17) is 11.6 Å². The molecule has 0 spiro atoms. The van der Waals surface area contributed by atoms with Crippen LogP contribution in [0.3, 0.4) is 0 Å². The number of carbonyl (C=O) groups excluding carboxylic acids is 1. The SMILES string of the molecule is Cc1cccn(CC(=O)c2ccccc2Cl)c1=O. The van der Waals surface area contributed by atoms with E-state index in [0.717, 1.165) is 0 Å². The molecule has 0 aliphatic heterocycles. The molecular formula is C14H12ClNO2. The zero-order valence-corrected chi connectivity index (χ0v) is 10.6. The number of nitrogens with zero attached hydrogens (tertiary/aromatic N) is 1. The van der Waals surface area contributed by atoms with Gasteiger partial charge in [0.15, 0.2) is 5.78 Å². The Kier molecular flexibility index (Phi) is 3.63. The first kappa shape index (κ1) is 12.6. The predicted octanol–water partition coefficient (Wildman–Crippen LogP) is 2.69. The van der Waals surface area contributed by atoms with Crippen molar-refractivity contribution in [2.75, 3.05) is 0 Å². The van der Waals surface area contributed by atoms with Crippen molar-refractivity contribution in [2.24, 2.45) is 0 Å². The van der Waals surface area contributed by atoms with E-state index in [2.05, 4.69) is 0 Å². The number of aromatic nitrogens is 1. The second kappa shape index (κ2) is 5.19. The molecule has 0 radical (unpaired) electrons. The number of ketones is 1. The van der Waals surface area contributed by atoms with Gasteiger partial charge in [-0.1, -0.05) is 29.8 Å². The summed E-state index contributed by atoms with van der Waals surface area (Å²) < 4.78 is 1.39. The Bertz CT molecular complexity index is 646. The molecular weight excluding hydrogens is 250 g/mol. The molecule has 0 aliphatic rings. The van der Waals surface area contributed by atoms with E-state index in [1.54, 1.807) is 49.5 Å². The van der Waals surface area contributed by atoms with Crippen LogP contribution in [0, 0.1) is 6.92 Å². The van der Waals surface area contributed by atoms with E-state index in [9.17, 15) is 9.59 Å². The van der Waals surface area contributed by atoms with Gasteiger partial charge in [-0.05, 0) is 25.1 Å². The minimum Gasteiger partial charge on any atom is -0.308 e. The van der Waals surface area contributed by atoms with Crippen LogP contribution in [-0.2, 0) is 6.54 Å². The molecule has 4 heteroatoms. The Morgan fingerprint density at radius 1 is 1.22 bits per heavy atom. The van der Waals surface area contributed by atoms with E-state index in [1.165, 1.54) is 4.57 Å². The maximum atomic E-state index is 12.1. The highest BCUT2D eigenvalue weighted by Gasteiger charge is 2.11. The van der Waals surface area contributed by atoms with Crippen LogP contribution in [0.4, 0.5) is 0 Å². The molecule has 1 aromatic heterocycles. The van der Waals surface area contributed by atoms with Crippen molar-refractivity contribution in [1.29, 1.82) is 0 Å². The second-order valence-corrected chi connectivity index (χ2v) is 4.43. The van der Waals surface area contributed by atoms with Gasteiger partial charge in [0.25, 0.3) is 5.56 Å². The largest absolute Gasteiger partial charge is 0.308 e. The van der Waals surface area contributed by atoms with Gasteiger partial charge in [-0.25, -0.2) is 0 Å². The molecule has 2 aromatic rings. The van der Waals surface area contributed by atoms with Gasteiger partial charge in [0.05, 0.1) is 11.6 Å². The lowest BCUT2D eigenvalue weighted by atomic mass is 10.1. The molecule has 1 heterocycles. The Morgan fingerprint density at radius 3 is 2.67 bits per heavy atom. The first-order valence-corrected chi connectivity index (χ1v) is 5.91. The number of carbonyl (C=O) groups is 1. The van der Waals surface area contributed by atoms with E-state index in [0.29, 0.717) is 16.1 Å². The third-order valence-corrected chi connectivity index (χ3v) is 3.03. The Balaban J connectivity index is 2.30. The lowest BCUT2D eigenvalue weighted by molar-refractivity contribution is 0.0971. The maximum absolute atomic E-state index is 12.1. The van der Waals surface area contributed by atoms with Crippen LogP contribution < -0.4 is 5.56 Å². The van der Waals surface area contributed by atoms with Gasteiger partial charge < -0.3 is 4.57 Å². The average Bonchev–Trinajstić information content (AvgIpc) is 2.35. The van der Waals surface area contributed by atoms with E-state index in [-0.39, 0.29) is 17.9 Å². The van der Waals surface area contributed by atoms with Gasteiger partial charge in [-0.2, -0.15) is 0 Å². The molecule has 0 saturated carbocycles. The van der Waals surface area contributed by atoms with Gasteiger partial charge in [0, 0.05) is 17.3 Å². The fourth-order valence-electron chi connectivity index (χ4n) is 1.71. The first-order chi connectivity index (χ1) is 8.59. The Labute approximate surface area is 110 Å². The number of Topliss-reactive ketones (excluding diaryl/α,β-unsaturated/α-hetero) is 1. The summed E-state index contributed by atoms with van der Waals surface area (Å²) in [5.41, 5.74) is 0.898. The summed E-state index contributed by atoms with van der Waals surface area (Å²) >= 11 is 5.95. The van der Waals surface area contributed by atoms with Crippen molar-refractivity contribution in [2.45, 2.75) is 13.5 Å². The van der Waals surface area contributed by atoms with Crippen LogP contribution in [-0.4, -0.2) is 10.4 Å². The molecule has 0 unspecified atom stereocenters. The van der Waals surface area contributed by atoms with Gasteiger partial charge in [-0.3, -0.25) is 9.59 Å². The van der Waals surface area contributed by atoms with Crippen molar-refractivity contribution < 1.29 is 4.79 Å². The van der Waals surface area contributed by atoms with Crippen molar-refractivity contribution >= 4 is 17.4 Å². The van der Waals surface area contributed by atoms with Crippen molar-refractivity contribution in [3.8, 4) is 0 Å². The van der Waals surface area contributed by atoms with Gasteiger partial charge >= 0.3 is 0 Å². The van der Waals surface area contributed by atoms with Gasteiger partial charge in [-0.15, -0.1) is 0 Å². The first-order valence-electron chi connectivity index (χ1n) is 5.53. The number of pyridine rings is 1. The molecule has 92 valence electrons. The molecule has 0 atom stereocenters. The summed E-state index contributed by atoms with van der Waals surface area (Å²) in [4.78, 5) is 23.9. The number of aryl methyl sites for hydroxylation is 1. The highest BCUT2D eigenvalue weighted by Crippen LogP contribution is 2.15. The predicted molar refractivity (Wildman–Crippen MR) is 71.2 cm³/mol. The fraction of sp³-hybridized carbons (Fsp3) is 0.143. The third kappa shape index (κ3) is 2.51. The molecule has 18 heavy (non-hydrogen) atoms. The standard InChI is InChI=1S/C14H12ClNO2/c1-10-5-4-8-16(14(10)18)9-13(17)11-6-2-3-7-12(11)15/h2-8H,9H2,1H3. The van der Waals surface area contributed by atoms with E-state index in [1.807, 2.05) is 0 Å². The van der Waals surface area contributed by atoms with Gasteiger partial charge in [0.1, 0.15) is 0 Å². The fourth-order valence-corrected chi connectivity index (χ4v) is 1.95. The summed E-state index contributed by atoms with van der Waals surface area (Å²) in [7, 11) is 0. The number of benzene rings is 1. The molecule has 0 saturated heterocycles. The Hall–Kier alpha value is -1.87. The third-order valence-electron chi connectivity index (χ3n) is 2.70. The quantitative estimate of drug-likeness (QED) is 0.797. The van der Waals surface area contributed by atoms with Crippen LogP contribution >= 0.6 is 11.6 Å². The van der Waals surface area contributed by atoms with Crippen molar-refractivity contribution in [1.82, 2.24) is 4.57 Å². The zero-order valence-electron chi connectivity index (χ0n) is 9.89. The molecule has 0 bridgehead atoms. The zero-order chi connectivity index (χ0) is 13.1. The Morgan fingerprint density at radius 2 is 1.94 bits per heavy atom. The van der Waals surface area contributed by atoms with Crippen LogP contribution in [0.5, 0.6) is 0 Å². The molecule has 0 N–H and O–H groups in total. The van der Waals surface area contributed by atoms with Crippen LogP contribution in [0.25, 0.3) is 0 Å². The maximum Gasteiger partial charge on any atom is 0.253 e. The molecule has 0 amide bonds. The summed E-state index contributed by atoms with van der Waals surface area (Å²) in [5, 5.41) is 0.406. The van der Waals surface area contributed by atoms with Crippen LogP contribution in [0.2, 0.25) is 5.02 Å².